The Hall–Kier alpha value is -2.49. The first kappa shape index (κ1) is 15.4. The van der Waals surface area contributed by atoms with Gasteiger partial charge in [-0.05, 0) is 23.3 Å². The fourth-order valence-corrected chi connectivity index (χ4v) is 2.98. The van der Waals surface area contributed by atoms with Crippen molar-refractivity contribution in [3.05, 3.63) is 65.7 Å². The van der Waals surface area contributed by atoms with Crippen molar-refractivity contribution in [2.45, 2.75) is 25.4 Å². The molecule has 0 bridgehead atoms. The van der Waals surface area contributed by atoms with E-state index in [1.807, 2.05) is 47.4 Å². The van der Waals surface area contributed by atoms with Crippen LogP contribution in [0, 0.1) is 0 Å². The molecule has 2 atom stereocenters. The molecule has 0 spiro atoms. The van der Waals surface area contributed by atoms with Crippen molar-refractivity contribution in [2.75, 3.05) is 13.7 Å². The number of nitrogens with zero attached hydrogens (tertiary/aromatic N) is 1. The van der Waals surface area contributed by atoms with Crippen molar-refractivity contribution in [2.24, 2.45) is 0 Å². The molecule has 2 aromatic carbocycles. The second-order valence-corrected chi connectivity index (χ2v) is 5.98. The van der Waals surface area contributed by atoms with E-state index >= 15 is 0 Å². The van der Waals surface area contributed by atoms with E-state index in [1.165, 1.54) is 5.56 Å². The maximum atomic E-state index is 12.2. The lowest BCUT2D eigenvalue weighted by molar-refractivity contribution is 0.215. The zero-order valence-corrected chi connectivity index (χ0v) is 13.5. The van der Waals surface area contributed by atoms with Gasteiger partial charge in [0.1, 0.15) is 5.75 Å². The molecule has 2 amide bonds. The molecule has 0 aromatic heterocycles. The largest absolute Gasteiger partial charge is 0.497 e. The first-order chi connectivity index (χ1) is 11.2. The van der Waals surface area contributed by atoms with Crippen LogP contribution in [0.2, 0.25) is 0 Å². The summed E-state index contributed by atoms with van der Waals surface area (Å²) in [6.07, 6.45) is 0. The van der Waals surface area contributed by atoms with Gasteiger partial charge < -0.3 is 15.0 Å². The molecule has 2 aromatic rings. The van der Waals surface area contributed by atoms with E-state index in [0.717, 1.165) is 17.9 Å². The van der Waals surface area contributed by atoms with Gasteiger partial charge in [-0.25, -0.2) is 4.79 Å². The second-order valence-electron chi connectivity index (χ2n) is 5.98. The van der Waals surface area contributed by atoms with E-state index in [2.05, 4.69) is 24.4 Å². The quantitative estimate of drug-likeness (QED) is 0.919. The van der Waals surface area contributed by atoms with Gasteiger partial charge in [0.05, 0.1) is 13.2 Å². The molecule has 0 saturated carbocycles. The Morgan fingerprint density at radius 3 is 2.52 bits per heavy atom. The van der Waals surface area contributed by atoms with Gasteiger partial charge in [-0.2, -0.15) is 0 Å². The third-order valence-electron chi connectivity index (χ3n) is 4.47. The molecule has 1 fully saturated rings. The molecule has 1 unspecified atom stereocenters. The van der Waals surface area contributed by atoms with Gasteiger partial charge in [0.15, 0.2) is 0 Å². The molecular formula is C19H22N2O2. The molecule has 1 aliphatic heterocycles. The highest BCUT2D eigenvalue weighted by Gasteiger charge is 2.32. The van der Waals surface area contributed by atoms with Crippen molar-refractivity contribution < 1.29 is 9.53 Å². The van der Waals surface area contributed by atoms with E-state index in [1.54, 1.807) is 7.11 Å². The molecule has 1 aliphatic rings. The molecule has 23 heavy (non-hydrogen) atoms. The molecular weight excluding hydrogens is 288 g/mol. The molecule has 4 nitrogen and oxygen atoms in total. The number of hydrogen-bond donors (Lipinski definition) is 1. The SMILES string of the molecule is COc1ccc(CN2CC([C@@H](C)c3ccccc3)NC2=O)cc1. The van der Waals surface area contributed by atoms with Crippen LogP contribution in [-0.2, 0) is 6.54 Å². The minimum atomic E-state index is 0.00796. The van der Waals surface area contributed by atoms with Crippen LogP contribution in [0.25, 0.3) is 0 Å². The molecule has 1 heterocycles. The first-order valence-electron chi connectivity index (χ1n) is 7.90. The Morgan fingerprint density at radius 2 is 1.87 bits per heavy atom. The zero-order valence-electron chi connectivity index (χ0n) is 13.5. The third kappa shape index (κ3) is 3.47. The summed E-state index contributed by atoms with van der Waals surface area (Å²) < 4.78 is 5.16. The van der Waals surface area contributed by atoms with E-state index < -0.39 is 0 Å². The third-order valence-corrected chi connectivity index (χ3v) is 4.47. The highest BCUT2D eigenvalue weighted by molar-refractivity contribution is 5.77. The number of carbonyl (C=O) groups excluding carboxylic acids is 1. The highest BCUT2D eigenvalue weighted by Crippen LogP contribution is 2.24. The molecule has 120 valence electrons. The van der Waals surface area contributed by atoms with Crippen molar-refractivity contribution >= 4 is 6.03 Å². The Balaban J connectivity index is 1.65. The summed E-state index contributed by atoms with van der Waals surface area (Å²) in [4.78, 5) is 14.1. The average molecular weight is 310 g/mol. The number of benzene rings is 2. The molecule has 3 rings (SSSR count). The summed E-state index contributed by atoms with van der Waals surface area (Å²) >= 11 is 0. The van der Waals surface area contributed by atoms with Crippen molar-refractivity contribution in [1.29, 1.82) is 0 Å². The van der Waals surface area contributed by atoms with E-state index in [-0.39, 0.29) is 12.1 Å². The van der Waals surface area contributed by atoms with Crippen molar-refractivity contribution in [3.8, 4) is 5.75 Å². The number of rotatable bonds is 5. The number of urea groups is 1. The number of amides is 2. The fraction of sp³-hybridized carbons (Fsp3) is 0.316. The van der Waals surface area contributed by atoms with Gasteiger partial charge >= 0.3 is 6.03 Å². The summed E-state index contributed by atoms with van der Waals surface area (Å²) in [5.41, 5.74) is 2.36. The second kappa shape index (κ2) is 6.73. The number of ether oxygens (including phenoxy) is 1. The standard InChI is InChI=1S/C19H22N2O2/c1-14(16-6-4-3-5-7-16)18-13-21(19(22)20-18)12-15-8-10-17(23-2)11-9-15/h3-11,14,18H,12-13H2,1-2H3,(H,20,22)/t14-,18?/m0/s1. The molecule has 0 aliphatic carbocycles. The zero-order chi connectivity index (χ0) is 16.2. The number of hydrogen-bond acceptors (Lipinski definition) is 2. The van der Waals surface area contributed by atoms with Crippen LogP contribution < -0.4 is 10.1 Å². The van der Waals surface area contributed by atoms with Crippen LogP contribution >= 0.6 is 0 Å². The Kier molecular flexibility index (Phi) is 4.51. The van der Waals surface area contributed by atoms with Gasteiger partial charge in [0.2, 0.25) is 0 Å². The van der Waals surface area contributed by atoms with Crippen molar-refractivity contribution in [1.82, 2.24) is 10.2 Å². The lowest BCUT2D eigenvalue weighted by atomic mass is 9.94. The summed E-state index contributed by atoms with van der Waals surface area (Å²) in [5.74, 6) is 1.12. The van der Waals surface area contributed by atoms with Gasteiger partial charge in [-0.3, -0.25) is 0 Å². The van der Waals surface area contributed by atoms with Gasteiger partial charge in [-0.1, -0.05) is 49.4 Å². The van der Waals surface area contributed by atoms with Crippen LogP contribution in [0.3, 0.4) is 0 Å². The minimum Gasteiger partial charge on any atom is -0.497 e. The summed E-state index contributed by atoms with van der Waals surface area (Å²) in [7, 11) is 1.65. The lowest BCUT2D eigenvalue weighted by Gasteiger charge is -2.19. The predicted molar refractivity (Wildman–Crippen MR) is 90.6 cm³/mol. The smallest absolute Gasteiger partial charge is 0.318 e. The van der Waals surface area contributed by atoms with Gasteiger partial charge in [0, 0.05) is 19.0 Å². The summed E-state index contributed by atoms with van der Waals surface area (Å²) in [6.45, 7) is 3.51. The van der Waals surface area contributed by atoms with Gasteiger partial charge in [0.25, 0.3) is 0 Å². The Morgan fingerprint density at radius 1 is 1.17 bits per heavy atom. The molecule has 4 heteroatoms. The Bertz CT molecular complexity index is 655. The fourth-order valence-electron chi connectivity index (χ4n) is 2.98. The van der Waals surface area contributed by atoms with Crippen molar-refractivity contribution in [3.63, 3.8) is 0 Å². The lowest BCUT2D eigenvalue weighted by Crippen LogP contribution is -2.31. The molecule has 0 radical (unpaired) electrons. The Labute approximate surface area is 137 Å². The minimum absolute atomic E-state index is 0.00796. The summed E-state index contributed by atoms with van der Waals surface area (Å²) in [5, 5.41) is 3.11. The molecule has 1 N–H and O–H groups in total. The number of carbonyl (C=O) groups is 1. The van der Waals surface area contributed by atoms with Crippen LogP contribution in [0.5, 0.6) is 5.75 Å². The van der Waals surface area contributed by atoms with E-state index in [4.69, 9.17) is 4.74 Å². The molecule has 1 saturated heterocycles. The normalized spacial score (nSPS) is 18.6. The van der Waals surface area contributed by atoms with Gasteiger partial charge in [-0.15, -0.1) is 0 Å². The predicted octanol–water partition coefficient (Wildman–Crippen LogP) is 3.39. The monoisotopic (exact) mass is 310 g/mol. The number of nitrogens with one attached hydrogen (secondary N) is 1. The van der Waals surface area contributed by atoms with Crippen LogP contribution in [0.4, 0.5) is 4.79 Å². The average Bonchev–Trinajstić information content (AvgIpc) is 2.96. The van der Waals surface area contributed by atoms with Crippen LogP contribution in [-0.4, -0.2) is 30.6 Å². The van der Waals surface area contributed by atoms with E-state index in [0.29, 0.717) is 12.5 Å². The van der Waals surface area contributed by atoms with Crippen LogP contribution in [0.1, 0.15) is 24.0 Å². The number of methoxy groups -OCH3 is 1. The summed E-state index contributed by atoms with van der Waals surface area (Å²) in [6, 6.07) is 18.3. The topological polar surface area (TPSA) is 41.6 Å². The van der Waals surface area contributed by atoms with E-state index in [9.17, 15) is 4.79 Å². The maximum absolute atomic E-state index is 12.2. The highest BCUT2D eigenvalue weighted by atomic mass is 16.5. The first-order valence-corrected chi connectivity index (χ1v) is 7.90. The van der Waals surface area contributed by atoms with Crippen LogP contribution in [0.15, 0.2) is 54.6 Å². The maximum Gasteiger partial charge on any atom is 0.318 e.